The number of hydrogen-bond donors (Lipinski definition) is 1. The van der Waals surface area contributed by atoms with E-state index in [-0.39, 0.29) is 0 Å². The SMILES string of the molecule is CC1CCCC(OCc2ccc(N)c3cccnc23)C1. The van der Waals surface area contributed by atoms with Crippen molar-refractivity contribution in [3.63, 3.8) is 0 Å². The van der Waals surface area contributed by atoms with Gasteiger partial charge in [0, 0.05) is 22.8 Å². The van der Waals surface area contributed by atoms with Gasteiger partial charge in [0.15, 0.2) is 0 Å². The minimum atomic E-state index is 0.398. The fourth-order valence-corrected chi connectivity index (χ4v) is 3.11. The monoisotopic (exact) mass is 270 g/mol. The zero-order chi connectivity index (χ0) is 13.9. The smallest absolute Gasteiger partial charge is 0.0777 e. The third-order valence-corrected chi connectivity index (χ3v) is 4.25. The minimum Gasteiger partial charge on any atom is -0.398 e. The Hall–Kier alpha value is -1.61. The van der Waals surface area contributed by atoms with Crippen LogP contribution in [-0.2, 0) is 11.3 Å². The van der Waals surface area contributed by atoms with Gasteiger partial charge in [0.2, 0.25) is 0 Å². The van der Waals surface area contributed by atoms with Gasteiger partial charge in [-0.3, -0.25) is 4.98 Å². The number of pyridine rings is 1. The first-order valence-electron chi connectivity index (χ1n) is 7.47. The van der Waals surface area contributed by atoms with E-state index in [1.165, 1.54) is 25.7 Å². The maximum absolute atomic E-state index is 6.11. The molecule has 2 aromatic rings. The van der Waals surface area contributed by atoms with Crippen LogP contribution in [0.3, 0.4) is 0 Å². The van der Waals surface area contributed by atoms with Crippen molar-refractivity contribution < 1.29 is 4.74 Å². The molecule has 0 saturated heterocycles. The van der Waals surface area contributed by atoms with E-state index in [9.17, 15) is 0 Å². The molecule has 2 atom stereocenters. The van der Waals surface area contributed by atoms with Crippen LogP contribution < -0.4 is 5.73 Å². The van der Waals surface area contributed by atoms with Crippen molar-refractivity contribution in [2.45, 2.75) is 45.3 Å². The highest BCUT2D eigenvalue weighted by molar-refractivity contribution is 5.92. The first kappa shape index (κ1) is 13.4. The molecule has 0 amide bonds. The normalized spacial score (nSPS) is 23.1. The molecule has 3 rings (SSSR count). The minimum absolute atomic E-state index is 0.398. The van der Waals surface area contributed by atoms with Crippen molar-refractivity contribution in [2.24, 2.45) is 5.92 Å². The second kappa shape index (κ2) is 5.80. The molecule has 1 aromatic heterocycles. The first-order chi connectivity index (χ1) is 9.74. The summed E-state index contributed by atoms with van der Waals surface area (Å²) in [5.74, 6) is 0.787. The molecule has 1 aromatic carbocycles. The van der Waals surface area contributed by atoms with Crippen LogP contribution in [0.5, 0.6) is 0 Å². The van der Waals surface area contributed by atoms with Crippen LogP contribution in [0.25, 0.3) is 10.9 Å². The lowest BCUT2D eigenvalue weighted by atomic mass is 9.89. The number of aromatic nitrogens is 1. The fourth-order valence-electron chi connectivity index (χ4n) is 3.11. The summed E-state index contributed by atoms with van der Waals surface area (Å²) in [5.41, 5.74) is 8.88. The van der Waals surface area contributed by atoms with Gasteiger partial charge in [0.05, 0.1) is 18.2 Å². The van der Waals surface area contributed by atoms with Crippen molar-refractivity contribution in [1.82, 2.24) is 4.98 Å². The molecule has 0 bridgehead atoms. The van der Waals surface area contributed by atoms with E-state index in [4.69, 9.17) is 10.5 Å². The zero-order valence-electron chi connectivity index (χ0n) is 12.0. The van der Waals surface area contributed by atoms with E-state index in [0.29, 0.717) is 12.7 Å². The summed E-state index contributed by atoms with van der Waals surface area (Å²) < 4.78 is 6.11. The summed E-state index contributed by atoms with van der Waals surface area (Å²) in [6, 6.07) is 7.93. The summed E-state index contributed by atoms with van der Waals surface area (Å²) in [6.07, 6.45) is 7.20. The number of ether oxygens (including phenoxy) is 1. The van der Waals surface area contributed by atoms with Crippen LogP contribution in [-0.4, -0.2) is 11.1 Å². The summed E-state index contributed by atoms with van der Waals surface area (Å²) in [7, 11) is 0. The molecule has 2 unspecified atom stereocenters. The van der Waals surface area contributed by atoms with E-state index < -0.39 is 0 Å². The molecular formula is C17H22N2O. The third kappa shape index (κ3) is 2.78. The second-order valence-corrected chi connectivity index (χ2v) is 5.92. The Morgan fingerprint density at radius 3 is 3.05 bits per heavy atom. The molecule has 1 aliphatic rings. The van der Waals surface area contributed by atoms with Crippen molar-refractivity contribution in [2.75, 3.05) is 5.73 Å². The maximum atomic E-state index is 6.11. The predicted molar refractivity (Wildman–Crippen MR) is 82.4 cm³/mol. The van der Waals surface area contributed by atoms with Gasteiger partial charge in [0.25, 0.3) is 0 Å². The number of nitrogens with zero attached hydrogens (tertiary/aromatic N) is 1. The van der Waals surface area contributed by atoms with Crippen molar-refractivity contribution in [1.29, 1.82) is 0 Å². The van der Waals surface area contributed by atoms with Crippen LogP contribution in [0.2, 0.25) is 0 Å². The summed E-state index contributed by atoms with van der Waals surface area (Å²) in [5, 5.41) is 1.02. The Bertz CT molecular complexity index is 597. The fraction of sp³-hybridized carbons (Fsp3) is 0.471. The third-order valence-electron chi connectivity index (χ3n) is 4.25. The zero-order valence-corrected chi connectivity index (χ0v) is 12.0. The molecule has 20 heavy (non-hydrogen) atoms. The molecule has 1 aliphatic carbocycles. The highest BCUT2D eigenvalue weighted by Crippen LogP contribution is 2.28. The van der Waals surface area contributed by atoms with E-state index in [1.54, 1.807) is 0 Å². The maximum Gasteiger partial charge on any atom is 0.0777 e. The molecule has 3 nitrogen and oxygen atoms in total. The van der Waals surface area contributed by atoms with Crippen LogP contribution >= 0.6 is 0 Å². The molecule has 1 heterocycles. The van der Waals surface area contributed by atoms with Crippen LogP contribution in [0, 0.1) is 5.92 Å². The number of hydrogen-bond acceptors (Lipinski definition) is 3. The average Bonchev–Trinajstić information content (AvgIpc) is 2.47. The van der Waals surface area contributed by atoms with Gasteiger partial charge < -0.3 is 10.5 Å². The van der Waals surface area contributed by atoms with Gasteiger partial charge in [-0.2, -0.15) is 0 Å². The summed E-state index contributed by atoms with van der Waals surface area (Å²) in [4.78, 5) is 4.46. The van der Waals surface area contributed by atoms with Gasteiger partial charge in [-0.15, -0.1) is 0 Å². The van der Waals surface area contributed by atoms with Gasteiger partial charge in [-0.05, 0) is 37.0 Å². The lowest BCUT2D eigenvalue weighted by molar-refractivity contribution is 0.00511. The predicted octanol–water partition coefficient (Wildman–Crippen LogP) is 3.91. The summed E-state index contributed by atoms with van der Waals surface area (Å²) in [6.45, 7) is 2.95. The second-order valence-electron chi connectivity index (χ2n) is 5.92. The number of fused-ring (bicyclic) bond motifs is 1. The number of anilines is 1. The number of benzene rings is 1. The van der Waals surface area contributed by atoms with E-state index in [2.05, 4.69) is 11.9 Å². The molecule has 0 aliphatic heterocycles. The van der Waals surface area contributed by atoms with E-state index >= 15 is 0 Å². The Labute approximate surface area is 120 Å². The standard InChI is InChI=1S/C17H22N2O/c1-12-4-2-5-14(10-12)20-11-13-7-8-16(18)15-6-3-9-19-17(13)15/h3,6-9,12,14H,2,4-5,10-11,18H2,1H3. The Morgan fingerprint density at radius 2 is 2.20 bits per heavy atom. The van der Waals surface area contributed by atoms with Crippen molar-refractivity contribution in [3.8, 4) is 0 Å². The van der Waals surface area contributed by atoms with Crippen LogP contribution in [0.15, 0.2) is 30.5 Å². The Kier molecular flexibility index (Phi) is 3.88. The molecule has 3 heteroatoms. The molecule has 106 valence electrons. The molecule has 1 saturated carbocycles. The van der Waals surface area contributed by atoms with Crippen molar-refractivity contribution in [3.05, 3.63) is 36.0 Å². The van der Waals surface area contributed by atoms with E-state index in [1.807, 2.05) is 30.5 Å². The lowest BCUT2D eigenvalue weighted by Crippen LogP contribution is -2.21. The van der Waals surface area contributed by atoms with Gasteiger partial charge in [-0.1, -0.05) is 25.8 Å². The largest absolute Gasteiger partial charge is 0.398 e. The highest BCUT2D eigenvalue weighted by Gasteiger charge is 2.19. The topological polar surface area (TPSA) is 48.1 Å². The van der Waals surface area contributed by atoms with E-state index in [0.717, 1.165) is 28.1 Å². The lowest BCUT2D eigenvalue weighted by Gasteiger charge is -2.27. The van der Waals surface area contributed by atoms with Gasteiger partial charge in [0.1, 0.15) is 0 Å². The van der Waals surface area contributed by atoms with Crippen LogP contribution in [0.1, 0.15) is 38.2 Å². The molecule has 0 spiro atoms. The van der Waals surface area contributed by atoms with Crippen molar-refractivity contribution >= 4 is 16.6 Å². The molecular weight excluding hydrogens is 248 g/mol. The Morgan fingerprint density at radius 1 is 1.30 bits per heavy atom. The van der Waals surface area contributed by atoms with Gasteiger partial charge >= 0.3 is 0 Å². The quantitative estimate of drug-likeness (QED) is 0.860. The van der Waals surface area contributed by atoms with Crippen LogP contribution in [0.4, 0.5) is 5.69 Å². The molecule has 2 N–H and O–H groups in total. The molecule has 1 fully saturated rings. The van der Waals surface area contributed by atoms with Gasteiger partial charge in [-0.25, -0.2) is 0 Å². The highest BCUT2D eigenvalue weighted by atomic mass is 16.5. The molecule has 0 radical (unpaired) electrons. The number of nitrogens with two attached hydrogens (primary N) is 1. The first-order valence-corrected chi connectivity index (χ1v) is 7.47. The average molecular weight is 270 g/mol. The number of rotatable bonds is 3. The number of nitrogen functional groups attached to an aromatic ring is 1. The Balaban J connectivity index is 1.76. The summed E-state index contributed by atoms with van der Waals surface area (Å²) >= 11 is 0.